The zero-order valence-electron chi connectivity index (χ0n) is 6.20. The Morgan fingerprint density at radius 2 is 2.00 bits per heavy atom. The molecule has 0 rings (SSSR count). The van der Waals surface area contributed by atoms with Crippen LogP contribution in [0.3, 0.4) is 0 Å². The van der Waals surface area contributed by atoms with Crippen LogP contribution in [-0.4, -0.2) is 17.7 Å². The van der Waals surface area contributed by atoms with E-state index >= 15 is 0 Å². The average Bonchev–Trinajstić information content (AvgIpc) is 1.71. The van der Waals surface area contributed by atoms with E-state index in [2.05, 4.69) is 37.0 Å². The Kier molecular flexibility index (Phi) is 21.6. The third-order valence-corrected chi connectivity index (χ3v) is 0.707. The zero-order chi connectivity index (χ0) is 6.83. The average molecular weight is 104 g/mol. The molecule has 42 valence electrons. The molecule has 0 saturated carbocycles. The molecule has 0 bridgehead atoms. The Labute approximate surface area is 62.3 Å². The van der Waals surface area contributed by atoms with Crippen LogP contribution in [0.2, 0.25) is 5.09 Å². The summed E-state index contributed by atoms with van der Waals surface area (Å²) in [6.07, 6.45) is 7.33. The van der Waals surface area contributed by atoms with E-state index in [1.165, 1.54) is 17.9 Å². The van der Waals surface area contributed by atoms with Crippen LogP contribution < -0.4 is 0 Å². The van der Waals surface area contributed by atoms with Crippen LogP contribution in [0.25, 0.3) is 0 Å². The van der Waals surface area contributed by atoms with Crippen molar-refractivity contribution in [3.05, 3.63) is 0 Å². The fraction of sp³-hybridized carbons (Fsp3) is 0.714. The Bertz CT molecular complexity index is 49.9. The van der Waals surface area contributed by atoms with Crippen molar-refractivity contribution in [3.63, 3.8) is 0 Å². The van der Waals surface area contributed by atoms with Crippen molar-refractivity contribution in [1.82, 2.24) is 0 Å². The van der Waals surface area contributed by atoms with Crippen LogP contribution in [0.1, 0.15) is 26.7 Å². The summed E-state index contributed by atoms with van der Waals surface area (Å²) in [5.74, 6) is 2.25. The fourth-order valence-electron chi connectivity index (χ4n) is 0.354. The van der Waals surface area contributed by atoms with E-state index in [9.17, 15) is 0 Å². The third-order valence-electron chi connectivity index (χ3n) is 0.707. The molecule has 0 saturated heterocycles. The third kappa shape index (κ3) is 35.2. The van der Waals surface area contributed by atoms with Gasteiger partial charge in [0.15, 0.2) is 0 Å². The first-order valence-electron chi connectivity index (χ1n) is 3.20. The predicted molar refractivity (Wildman–Crippen MR) is 40.0 cm³/mol. The topological polar surface area (TPSA) is 0 Å². The molecule has 0 fully saturated rings. The van der Waals surface area contributed by atoms with Gasteiger partial charge in [0, 0.05) is 0 Å². The van der Waals surface area contributed by atoms with Gasteiger partial charge < -0.3 is 0 Å². The zero-order valence-corrected chi connectivity index (χ0v) is 6.20. The van der Waals surface area contributed by atoms with Crippen molar-refractivity contribution in [2.45, 2.75) is 31.8 Å². The maximum atomic E-state index is 4.60. The predicted octanol–water partition coefficient (Wildman–Crippen LogP) is 2.01. The van der Waals surface area contributed by atoms with Gasteiger partial charge in [-0.2, -0.15) is 0 Å². The van der Waals surface area contributed by atoms with Crippen molar-refractivity contribution >= 4 is 17.7 Å². The Hall–Kier alpha value is 0.157. The van der Waals surface area contributed by atoms with E-state index in [4.69, 9.17) is 0 Å². The molecular formula is C7H13Li. The molecule has 0 aromatic rings. The molecule has 0 atom stereocenters. The number of hydrogen-bond acceptors (Lipinski definition) is 0. The van der Waals surface area contributed by atoms with Crippen molar-refractivity contribution < 1.29 is 0 Å². The van der Waals surface area contributed by atoms with E-state index in [1.807, 2.05) is 0 Å². The summed E-state index contributed by atoms with van der Waals surface area (Å²) in [5, 5.41) is 1.34. The second-order valence-electron chi connectivity index (χ2n) is 1.64. The summed E-state index contributed by atoms with van der Waals surface area (Å²) in [5.41, 5.74) is 0. The number of hydrogen-bond donors (Lipinski definition) is 0. The van der Waals surface area contributed by atoms with Crippen molar-refractivity contribution in [2.75, 3.05) is 0 Å². The van der Waals surface area contributed by atoms with E-state index < -0.39 is 0 Å². The molecule has 0 unspecified atom stereocenters. The summed E-state index contributed by atoms with van der Waals surface area (Å²) in [4.78, 5) is 0. The minimum absolute atomic E-state index is 1.34. The van der Waals surface area contributed by atoms with Gasteiger partial charge >= 0.3 is 42.6 Å². The molecule has 0 heterocycles. The van der Waals surface area contributed by atoms with Crippen LogP contribution in [0.4, 0.5) is 0 Å². The molecule has 8 heavy (non-hydrogen) atoms. The standard InChI is InChI=1S/C4H9.C3H4.Li/c1-3-4-2;1-3-2;/h1,3-4H2,2H3;1H,2H3;. The molecule has 0 aromatic carbocycles. The quantitative estimate of drug-likeness (QED) is 0.371. The van der Waals surface area contributed by atoms with Gasteiger partial charge in [-0.05, 0) is 6.92 Å². The molecule has 0 N–H and O–H groups in total. The van der Waals surface area contributed by atoms with Gasteiger partial charge in [0.05, 0.1) is 0 Å². The van der Waals surface area contributed by atoms with Crippen LogP contribution in [-0.2, 0) is 0 Å². The summed E-state index contributed by atoms with van der Waals surface area (Å²) >= 11 is 2.21. The molecule has 0 aliphatic rings. The second kappa shape index (κ2) is 15.7. The summed E-state index contributed by atoms with van der Waals surface area (Å²) in [6, 6.07) is 0. The molecular weight excluding hydrogens is 91.0 g/mol. The molecule has 0 aliphatic heterocycles. The molecule has 0 amide bonds. The molecule has 0 nitrogen and oxygen atoms in total. The van der Waals surface area contributed by atoms with E-state index in [0.29, 0.717) is 0 Å². The first kappa shape index (κ1) is 11.0. The fourth-order valence-corrected chi connectivity index (χ4v) is 0.354. The van der Waals surface area contributed by atoms with Crippen LogP contribution >= 0.6 is 0 Å². The van der Waals surface area contributed by atoms with E-state index in [-0.39, 0.29) is 0 Å². The molecule has 0 spiro atoms. The maximum absolute atomic E-state index is 4.60. The van der Waals surface area contributed by atoms with E-state index in [0.717, 1.165) is 0 Å². The number of terminal acetylenes is 1. The van der Waals surface area contributed by atoms with Gasteiger partial charge in [0.1, 0.15) is 0 Å². The second-order valence-corrected chi connectivity index (χ2v) is 1.64. The van der Waals surface area contributed by atoms with Crippen molar-refractivity contribution in [2.24, 2.45) is 0 Å². The van der Waals surface area contributed by atoms with Crippen LogP contribution in [0.5, 0.6) is 0 Å². The minimum atomic E-state index is 1.34. The summed E-state index contributed by atoms with van der Waals surface area (Å²) in [7, 11) is 0. The SMILES string of the molecule is C#CC.[Li][CH2]CCC. The van der Waals surface area contributed by atoms with Crippen LogP contribution in [0, 0.1) is 12.3 Å². The normalized spacial score (nSPS) is 6.38. The van der Waals surface area contributed by atoms with Crippen molar-refractivity contribution in [1.29, 1.82) is 0 Å². The number of unbranched alkanes of at least 4 members (excludes halogenated alkanes) is 1. The first-order valence-corrected chi connectivity index (χ1v) is 3.20. The van der Waals surface area contributed by atoms with E-state index in [1.54, 1.807) is 6.92 Å². The molecule has 0 aromatic heterocycles. The van der Waals surface area contributed by atoms with Gasteiger partial charge in [-0.3, -0.25) is 0 Å². The monoisotopic (exact) mass is 104 g/mol. The summed E-state index contributed by atoms with van der Waals surface area (Å²) in [6.45, 7) is 3.86. The Morgan fingerprint density at radius 1 is 1.62 bits per heavy atom. The Morgan fingerprint density at radius 3 is 2.00 bits per heavy atom. The van der Waals surface area contributed by atoms with Gasteiger partial charge in [-0.1, -0.05) is 0 Å². The molecule has 0 aliphatic carbocycles. The van der Waals surface area contributed by atoms with Crippen LogP contribution in [0.15, 0.2) is 0 Å². The van der Waals surface area contributed by atoms with Gasteiger partial charge in [-0.15, -0.1) is 12.3 Å². The molecule has 0 radical (unpaired) electrons. The Balaban J connectivity index is 0. The molecule has 1 heteroatoms. The number of rotatable bonds is 2. The first-order chi connectivity index (χ1) is 3.83. The van der Waals surface area contributed by atoms with Gasteiger partial charge in [0.25, 0.3) is 0 Å². The van der Waals surface area contributed by atoms with Gasteiger partial charge in [0.2, 0.25) is 0 Å². The van der Waals surface area contributed by atoms with Gasteiger partial charge in [-0.25, -0.2) is 0 Å². The summed E-state index contributed by atoms with van der Waals surface area (Å²) < 4.78 is 0. The van der Waals surface area contributed by atoms with Crippen molar-refractivity contribution in [3.8, 4) is 12.3 Å².